The molecule has 5 nitrogen and oxygen atoms in total. The monoisotopic (exact) mass is 405 g/mol. The summed E-state index contributed by atoms with van der Waals surface area (Å²) < 4.78 is 5.41. The molecule has 5 rings (SSSR count). The molecule has 0 radical (unpaired) electrons. The van der Waals surface area contributed by atoms with Gasteiger partial charge in [-0.25, -0.2) is 0 Å². The molecule has 30 heavy (non-hydrogen) atoms. The highest BCUT2D eigenvalue weighted by Gasteiger charge is 2.35. The van der Waals surface area contributed by atoms with Crippen LogP contribution in [0.15, 0.2) is 36.4 Å². The third kappa shape index (κ3) is 3.45. The minimum Gasteiger partial charge on any atom is -0.497 e. The van der Waals surface area contributed by atoms with Gasteiger partial charge in [0.15, 0.2) is 0 Å². The van der Waals surface area contributed by atoms with Crippen molar-refractivity contribution in [2.24, 2.45) is 5.92 Å². The highest BCUT2D eigenvalue weighted by molar-refractivity contribution is 5.81. The lowest BCUT2D eigenvalue weighted by Gasteiger charge is -2.37. The predicted molar refractivity (Wildman–Crippen MR) is 119 cm³/mol. The fourth-order valence-corrected chi connectivity index (χ4v) is 4.88. The van der Waals surface area contributed by atoms with E-state index in [1.807, 2.05) is 6.07 Å². The normalized spacial score (nSPS) is 20.2. The first-order valence-electron chi connectivity index (χ1n) is 11.1. The second-order valence-corrected chi connectivity index (χ2v) is 9.42. The van der Waals surface area contributed by atoms with Crippen LogP contribution in [0.5, 0.6) is 5.75 Å². The summed E-state index contributed by atoms with van der Waals surface area (Å²) in [7, 11) is 1.71. The summed E-state index contributed by atoms with van der Waals surface area (Å²) >= 11 is 0. The lowest BCUT2D eigenvalue weighted by atomic mass is 9.74. The molecule has 1 amide bonds. The summed E-state index contributed by atoms with van der Waals surface area (Å²) in [6, 6.07) is 13.1. The molecule has 1 saturated carbocycles. The molecule has 1 N–H and O–H groups in total. The van der Waals surface area contributed by atoms with E-state index in [2.05, 4.69) is 59.3 Å². The first-order chi connectivity index (χ1) is 14.5. The molecule has 2 heterocycles. The van der Waals surface area contributed by atoms with Crippen LogP contribution >= 0.6 is 0 Å². The van der Waals surface area contributed by atoms with Gasteiger partial charge in [-0.2, -0.15) is 0 Å². The molecule has 2 fully saturated rings. The number of rotatable bonds is 4. The predicted octanol–water partition coefficient (Wildman–Crippen LogP) is 4.13. The van der Waals surface area contributed by atoms with Gasteiger partial charge in [0.25, 0.3) is 0 Å². The summed E-state index contributed by atoms with van der Waals surface area (Å²) in [4.78, 5) is 16.8. The van der Waals surface area contributed by atoms with Crippen molar-refractivity contribution in [3.63, 3.8) is 0 Å². The summed E-state index contributed by atoms with van der Waals surface area (Å²) in [6.07, 6.45) is 2.18. The van der Waals surface area contributed by atoms with E-state index in [-0.39, 0.29) is 5.41 Å². The number of methoxy groups -OCH3 is 1. The number of piperazine rings is 1. The van der Waals surface area contributed by atoms with Crippen molar-refractivity contribution in [3.05, 3.63) is 53.1 Å². The van der Waals surface area contributed by atoms with Crippen LogP contribution in [0.4, 0.5) is 11.4 Å². The Bertz CT molecular complexity index is 972. The molecule has 0 unspecified atom stereocenters. The molecule has 0 atom stereocenters. The van der Waals surface area contributed by atoms with E-state index in [4.69, 9.17) is 4.74 Å². The van der Waals surface area contributed by atoms with E-state index in [0.29, 0.717) is 11.8 Å². The number of hydrogen-bond donors (Lipinski definition) is 1. The number of nitrogens with one attached hydrogen (secondary N) is 1. The van der Waals surface area contributed by atoms with Crippen molar-refractivity contribution in [3.8, 4) is 5.75 Å². The maximum absolute atomic E-state index is 12.3. The van der Waals surface area contributed by atoms with Crippen molar-refractivity contribution in [2.75, 3.05) is 38.6 Å². The number of benzene rings is 2. The molecule has 2 aliphatic heterocycles. The average Bonchev–Trinajstić information content (AvgIpc) is 3.59. The lowest BCUT2D eigenvalue weighted by molar-refractivity contribution is -0.134. The molecule has 0 aromatic heterocycles. The van der Waals surface area contributed by atoms with Crippen molar-refractivity contribution >= 4 is 17.3 Å². The van der Waals surface area contributed by atoms with Gasteiger partial charge >= 0.3 is 0 Å². The Morgan fingerprint density at radius 3 is 2.50 bits per heavy atom. The topological polar surface area (TPSA) is 44.8 Å². The molecular formula is C25H31N3O2. The standard InChI is InChI=1S/C25H31N3O2/c1-25(2)20-8-7-19(30-3)15-23(20)26-22-9-4-17(14-21(22)25)16-27-10-12-28(13-11-27)24(29)18-5-6-18/h4,7-9,14-15,18,26H,5-6,10-13,16H2,1-3H3. The second kappa shape index (κ2) is 7.31. The summed E-state index contributed by atoms with van der Waals surface area (Å²) in [6.45, 7) is 9.17. The van der Waals surface area contributed by atoms with E-state index in [9.17, 15) is 4.79 Å². The fourth-order valence-electron chi connectivity index (χ4n) is 4.88. The van der Waals surface area contributed by atoms with Crippen molar-refractivity contribution < 1.29 is 9.53 Å². The lowest BCUT2D eigenvalue weighted by Crippen LogP contribution is -2.48. The average molecular weight is 406 g/mol. The van der Waals surface area contributed by atoms with Gasteiger partial charge in [0.2, 0.25) is 5.91 Å². The van der Waals surface area contributed by atoms with Gasteiger partial charge < -0.3 is 15.0 Å². The van der Waals surface area contributed by atoms with E-state index >= 15 is 0 Å². The SMILES string of the molecule is COc1ccc2c(c1)Nc1ccc(CN3CCN(C(=O)C4CC4)CC3)cc1C2(C)C. The number of fused-ring (bicyclic) bond motifs is 2. The van der Waals surface area contributed by atoms with Gasteiger partial charge in [0.05, 0.1) is 7.11 Å². The largest absolute Gasteiger partial charge is 0.497 e. The van der Waals surface area contributed by atoms with Crippen LogP contribution in [0.2, 0.25) is 0 Å². The Labute approximate surface area is 179 Å². The van der Waals surface area contributed by atoms with Crippen molar-refractivity contribution in [1.29, 1.82) is 0 Å². The highest BCUT2D eigenvalue weighted by Crippen LogP contribution is 2.46. The van der Waals surface area contributed by atoms with Gasteiger partial charge in [0, 0.05) is 61.5 Å². The second-order valence-electron chi connectivity index (χ2n) is 9.42. The van der Waals surface area contributed by atoms with Gasteiger partial charge in [-0.3, -0.25) is 9.69 Å². The fraction of sp³-hybridized carbons (Fsp3) is 0.480. The van der Waals surface area contributed by atoms with E-state index in [1.165, 1.54) is 22.4 Å². The summed E-state index contributed by atoms with van der Waals surface area (Å²) in [5, 5.41) is 3.60. The number of amides is 1. The van der Waals surface area contributed by atoms with Crippen LogP contribution < -0.4 is 10.1 Å². The number of carbonyl (C=O) groups excluding carboxylic acids is 1. The summed E-state index contributed by atoms with van der Waals surface area (Å²) in [5.74, 6) is 1.58. The zero-order valence-electron chi connectivity index (χ0n) is 18.2. The molecule has 1 aliphatic carbocycles. The first kappa shape index (κ1) is 19.4. The zero-order chi connectivity index (χ0) is 20.9. The molecule has 3 aliphatic rings. The van der Waals surface area contributed by atoms with Crippen molar-refractivity contribution in [1.82, 2.24) is 9.80 Å². The quantitative estimate of drug-likeness (QED) is 0.831. The van der Waals surface area contributed by atoms with Crippen LogP contribution in [0.25, 0.3) is 0 Å². The number of hydrogen-bond acceptors (Lipinski definition) is 4. The van der Waals surface area contributed by atoms with Gasteiger partial charge in [-0.05, 0) is 41.7 Å². The van der Waals surface area contributed by atoms with Gasteiger partial charge in [-0.15, -0.1) is 0 Å². The maximum Gasteiger partial charge on any atom is 0.225 e. The van der Waals surface area contributed by atoms with E-state index in [0.717, 1.165) is 57.0 Å². The minimum absolute atomic E-state index is 0.0758. The Balaban J connectivity index is 1.31. The first-order valence-corrected chi connectivity index (χ1v) is 11.1. The van der Waals surface area contributed by atoms with Crippen molar-refractivity contribution in [2.45, 2.75) is 38.6 Å². The Hall–Kier alpha value is -2.53. The van der Waals surface area contributed by atoms with Crippen LogP contribution in [0, 0.1) is 5.92 Å². The number of carbonyl (C=O) groups is 1. The van der Waals surface area contributed by atoms with E-state index in [1.54, 1.807) is 7.11 Å². The van der Waals surface area contributed by atoms with Crippen LogP contribution in [0.3, 0.4) is 0 Å². The third-order valence-corrected chi connectivity index (χ3v) is 6.94. The maximum atomic E-state index is 12.3. The van der Waals surface area contributed by atoms with Crippen LogP contribution in [0.1, 0.15) is 43.4 Å². The molecule has 0 spiro atoms. The molecule has 5 heteroatoms. The number of ether oxygens (including phenoxy) is 1. The van der Waals surface area contributed by atoms with E-state index < -0.39 is 0 Å². The molecule has 158 valence electrons. The van der Waals surface area contributed by atoms with Gasteiger partial charge in [-0.1, -0.05) is 32.0 Å². The minimum atomic E-state index is -0.0758. The number of nitrogens with zero attached hydrogens (tertiary/aromatic N) is 2. The third-order valence-electron chi connectivity index (χ3n) is 6.94. The number of anilines is 2. The molecule has 2 aromatic rings. The molecular weight excluding hydrogens is 374 g/mol. The van der Waals surface area contributed by atoms with Crippen LogP contribution in [-0.2, 0) is 16.8 Å². The smallest absolute Gasteiger partial charge is 0.225 e. The molecule has 0 bridgehead atoms. The molecule has 2 aromatic carbocycles. The van der Waals surface area contributed by atoms with Crippen LogP contribution in [-0.4, -0.2) is 49.0 Å². The summed E-state index contributed by atoms with van der Waals surface area (Å²) in [5.41, 5.74) is 6.18. The highest BCUT2D eigenvalue weighted by atomic mass is 16.5. The Morgan fingerprint density at radius 2 is 1.80 bits per heavy atom. The Morgan fingerprint density at radius 1 is 1.03 bits per heavy atom. The molecule has 1 saturated heterocycles. The zero-order valence-corrected chi connectivity index (χ0v) is 18.2. The van der Waals surface area contributed by atoms with Gasteiger partial charge in [0.1, 0.15) is 5.75 Å². The Kier molecular flexibility index (Phi) is 4.73.